The standard InChI is InChI=1S/C15H17BrOS/c1-3-11-4-6-12(7-5-11)9-13(17)14-8-10(2)15(16)18-14/h4-8,13,17H,3,9H2,1-2H3. The third-order valence-electron chi connectivity index (χ3n) is 3.06. The van der Waals surface area contributed by atoms with Crippen LogP contribution in [0.5, 0.6) is 0 Å². The predicted molar refractivity (Wildman–Crippen MR) is 81.2 cm³/mol. The van der Waals surface area contributed by atoms with Crippen molar-refractivity contribution in [3.05, 3.63) is 55.7 Å². The number of rotatable bonds is 4. The van der Waals surface area contributed by atoms with E-state index in [0.29, 0.717) is 6.42 Å². The smallest absolute Gasteiger partial charge is 0.0922 e. The molecule has 0 saturated carbocycles. The minimum absolute atomic E-state index is 0.410. The van der Waals surface area contributed by atoms with Gasteiger partial charge in [0.25, 0.3) is 0 Å². The van der Waals surface area contributed by atoms with Crippen molar-refractivity contribution in [2.75, 3.05) is 0 Å². The molecule has 0 amide bonds. The van der Waals surface area contributed by atoms with Crippen LogP contribution < -0.4 is 0 Å². The van der Waals surface area contributed by atoms with Crippen LogP contribution in [0, 0.1) is 6.92 Å². The van der Waals surface area contributed by atoms with Crippen molar-refractivity contribution in [2.45, 2.75) is 32.8 Å². The zero-order chi connectivity index (χ0) is 13.1. The van der Waals surface area contributed by atoms with Gasteiger partial charge in [-0.15, -0.1) is 11.3 Å². The lowest BCUT2D eigenvalue weighted by Gasteiger charge is -2.09. The summed E-state index contributed by atoms with van der Waals surface area (Å²) in [5, 5.41) is 10.2. The Morgan fingerprint density at radius 1 is 1.22 bits per heavy atom. The number of aliphatic hydroxyl groups is 1. The van der Waals surface area contributed by atoms with Crippen LogP contribution in [0.1, 0.15) is 34.6 Å². The fraction of sp³-hybridized carbons (Fsp3) is 0.333. The van der Waals surface area contributed by atoms with Crippen molar-refractivity contribution < 1.29 is 5.11 Å². The van der Waals surface area contributed by atoms with Gasteiger partial charge in [0.05, 0.1) is 9.89 Å². The zero-order valence-corrected chi connectivity index (χ0v) is 13.0. The second-order valence-electron chi connectivity index (χ2n) is 4.50. The molecule has 0 aliphatic heterocycles. The van der Waals surface area contributed by atoms with Crippen molar-refractivity contribution in [3.8, 4) is 0 Å². The molecule has 2 rings (SSSR count). The van der Waals surface area contributed by atoms with Crippen LogP contribution in [-0.4, -0.2) is 5.11 Å². The molecule has 1 unspecified atom stereocenters. The van der Waals surface area contributed by atoms with E-state index in [1.165, 1.54) is 16.7 Å². The SMILES string of the molecule is CCc1ccc(CC(O)c2cc(C)c(Br)s2)cc1. The molecular formula is C15H17BrOS. The zero-order valence-electron chi connectivity index (χ0n) is 10.6. The molecule has 0 bridgehead atoms. The lowest BCUT2D eigenvalue weighted by Crippen LogP contribution is -1.99. The van der Waals surface area contributed by atoms with Crippen LogP contribution in [0.15, 0.2) is 34.1 Å². The van der Waals surface area contributed by atoms with Gasteiger partial charge in [0.2, 0.25) is 0 Å². The van der Waals surface area contributed by atoms with Crippen LogP contribution in [0.25, 0.3) is 0 Å². The topological polar surface area (TPSA) is 20.2 Å². The summed E-state index contributed by atoms with van der Waals surface area (Å²) in [6.07, 6.45) is 1.32. The molecule has 0 aliphatic rings. The first kappa shape index (κ1) is 13.8. The van der Waals surface area contributed by atoms with Crippen molar-refractivity contribution in [1.82, 2.24) is 0 Å². The Labute approximate surface area is 121 Å². The Balaban J connectivity index is 2.08. The number of halogens is 1. The molecule has 96 valence electrons. The molecule has 0 radical (unpaired) electrons. The third kappa shape index (κ3) is 3.22. The highest BCUT2D eigenvalue weighted by Crippen LogP contribution is 2.32. The van der Waals surface area contributed by atoms with E-state index in [0.717, 1.165) is 15.1 Å². The molecule has 0 spiro atoms. The third-order valence-corrected chi connectivity index (χ3v) is 5.30. The van der Waals surface area contributed by atoms with Crippen LogP contribution in [0.3, 0.4) is 0 Å². The second kappa shape index (κ2) is 6.00. The minimum Gasteiger partial charge on any atom is -0.387 e. The van der Waals surface area contributed by atoms with E-state index in [1.807, 2.05) is 6.92 Å². The molecule has 1 aromatic heterocycles. The van der Waals surface area contributed by atoms with Gasteiger partial charge in [0, 0.05) is 11.3 Å². The number of benzene rings is 1. The van der Waals surface area contributed by atoms with Crippen molar-refractivity contribution >= 4 is 27.3 Å². The van der Waals surface area contributed by atoms with Gasteiger partial charge < -0.3 is 5.11 Å². The lowest BCUT2D eigenvalue weighted by molar-refractivity contribution is 0.182. The first-order chi connectivity index (χ1) is 8.60. The highest BCUT2D eigenvalue weighted by Gasteiger charge is 2.13. The summed E-state index contributed by atoms with van der Waals surface area (Å²) in [4.78, 5) is 1.03. The average Bonchev–Trinajstić information content (AvgIpc) is 2.71. The van der Waals surface area contributed by atoms with E-state index >= 15 is 0 Å². The lowest BCUT2D eigenvalue weighted by atomic mass is 10.0. The second-order valence-corrected chi connectivity index (χ2v) is 6.90. The maximum Gasteiger partial charge on any atom is 0.0922 e. The van der Waals surface area contributed by atoms with Crippen LogP contribution in [0.2, 0.25) is 0 Å². The molecule has 0 fully saturated rings. The molecule has 2 aromatic rings. The summed E-state index contributed by atoms with van der Waals surface area (Å²) in [7, 11) is 0. The molecule has 1 atom stereocenters. The van der Waals surface area contributed by atoms with Crippen LogP contribution in [-0.2, 0) is 12.8 Å². The summed E-state index contributed by atoms with van der Waals surface area (Å²) in [5.41, 5.74) is 3.71. The fourth-order valence-corrected chi connectivity index (χ4v) is 3.44. The van der Waals surface area contributed by atoms with Gasteiger partial charge in [-0.05, 0) is 52.0 Å². The van der Waals surface area contributed by atoms with Crippen molar-refractivity contribution in [1.29, 1.82) is 0 Å². The molecule has 3 heteroatoms. The summed E-state index contributed by atoms with van der Waals surface area (Å²) in [5.74, 6) is 0. The molecule has 0 saturated heterocycles. The number of hydrogen-bond acceptors (Lipinski definition) is 2. The summed E-state index contributed by atoms with van der Waals surface area (Å²) in [6, 6.07) is 10.5. The van der Waals surface area contributed by atoms with Gasteiger partial charge in [-0.1, -0.05) is 31.2 Å². The van der Waals surface area contributed by atoms with E-state index < -0.39 is 6.10 Å². The Morgan fingerprint density at radius 2 is 1.83 bits per heavy atom. The molecule has 1 nitrogen and oxygen atoms in total. The Bertz CT molecular complexity index is 496. The number of thiophene rings is 1. The highest BCUT2D eigenvalue weighted by molar-refractivity contribution is 9.11. The number of hydrogen-bond donors (Lipinski definition) is 1. The van der Waals surface area contributed by atoms with Crippen LogP contribution >= 0.6 is 27.3 Å². The average molecular weight is 325 g/mol. The van der Waals surface area contributed by atoms with Crippen molar-refractivity contribution in [2.24, 2.45) is 0 Å². The van der Waals surface area contributed by atoms with Gasteiger partial charge in [0.15, 0.2) is 0 Å². The predicted octanol–water partition coefficient (Wildman–Crippen LogP) is 4.66. The minimum atomic E-state index is -0.410. The summed E-state index contributed by atoms with van der Waals surface area (Å²) < 4.78 is 1.11. The summed E-state index contributed by atoms with van der Waals surface area (Å²) >= 11 is 5.11. The molecule has 0 aliphatic carbocycles. The van der Waals surface area contributed by atoms with E-state index in [1.54, 1.807) is 11.3 Å². The van der Waals surface area contributed by atoms with E-state index in [2.05, 4.69) is 53.2 Å². The monoisotopic (exact) mass is 324 g/mol. The van der Waals surface area contributed by atoms with E-state index in [9.17, 15) is 5.11 Å². The van der Waals surface area contributed by atoms with Crippen LogP contribution in [0.4, 0.5) is 0 Å². The Hall–Kier alpha value is -0.640. The fourth-order valence-electron chi connectivity index (χ4n) is 1.88. The van der Waals surface area contributed by atoms with Gasteiger partial charge in [-0.3, -0.25) is 0 Å². The normalized spacial score (nSPS) is 12.7. The Morgan fingerprint density at radius 3 is 2.33 bits per heavy atom. The maximum atomic E-state index is 10.2. The van der Waals surface area contributed by atoms with Gasteiger partial charge in [0.1, 0.15) is 0 Å². The molecule has 1 N–H and O–H groups in total. The first-order valence-electron chi connectivity index (χ1n) is 6.12. The molecular weight excluding hydrogens is 308 g/mol. The van der Waals surface area contributed by atoms with Gasteiger partial charge in [-0.25, -0.2) is 0 Å². The van der Waals surface area contributed by atoms with E-state index in [4.69, 9.17) is 0 Å². The quantitative estimate of drug-likeness (QED) is 0.867. The maximum absolute atomic E-state index is 10.2. The summed E-state index contributed by atoms with van der Waals surface area (Å²) in [6.45, 7) is 4.20. The van der Waals surface area contributed by atoms with E-state index in [-0.39, 0.29) is 0 Å². The molecule has 18 heavy (non-hydrogen) atoms. The molecule has 1 aromatic carbocycles. The number of aryl methyl sites for hydroxylation is 2. The number of aliphatic hydroxyl groups excluding tert-OH is 1. The van der Waals surface area contributed by atoms with Gasteiger partial charge in [-0.2, -0.15) is 0 Å². The Kier molecular flexibility index (Phi) is 4.60. The molecule has 1 heterocycles. The largest absolute Gasteiger partial charge is 0.387 e. The first-order valence-corrected chi connectivity index (χ1v) is 7.72. The highest BCUT2D eigenvalue weighted by atomic mass is 79.9. The van der Waals surface area contributed by atoms with Crippen molar-refractivity contribution in [3.63, 3.8) is 0 Å². The van der Waals surface area contributed by atoms with Gasteiger partial charge >= 0.3 is 0 Å².